The summed E-state index contributed by atoms with van der Waals surface area (Å²) in [4.78, 5) is 1.35. The number of rotatable bonds is 1. The van der Waals surface area contributed by atoms with Gasteiger partial charge >= 0.3 is 0 Å². The monoisotopic (exact) mass is 255 g/mol. The molecule has 0 unspecified atom stereocenters. The first kappa shape index (κ1) is 9.45. The van der Waals surface area contributed by atoms with Gasteiger partial charge in [-0.25, -0.2) is 0 Å². The van der Waals surface area contributed by atoms with Crippen molar-refractivity contribution in [2.45, 2.75) is 0 Å². The van der Waals surface area contributed by atoms with Crippen LogP contribution in [-0.4, -0.2) is 4.57 Å². The fraction of sp³-hybridized carbons (Fsp3) is 0. The Hall–Kier alpha value is -1.58. The number of fused-ring (bicyclic) bond motifs is 3. The van der Waals surface area contributed by atoms with E-state index in [2.05, 4.69) is 57.8 Å². The van der Waals surface area contributed by atoms with Gasteiger partial charge in [-0.3, -0.25) is 4.57 Å². The van der Waals surface area contributed by atoms with Crippen LogP contribution in [0.3, 0.4) is 0 Å². The number of aromatic nitrogens is 1. The summed E-state index contributed by atoms with van der Waals surface area (Å²) in [5, 5.41) is 5.72. The highest BCUT2D eigenvalue weighted by molar-refractivity contribution is 7.21. The van der Waals surface area contributed by atoms with Gasteiger partial charge in [0.2, 0.25) is 0 Å². The lowest BCUT2D eigenvalue weighted by atomic mass is 10.3. The van der Waals surface area contributed by atoms with E-state index in [9.17, 15) is 0 Å². The van der Waals surface area contributed by atoms with Crippen LogP contribution < -0.4 is 0 Å². The zero-order valence-corrected chi connectivity index (χ0v) is 10.6. The molecule has 0 bridgehead atoms. The van der Waals surface area contributed by atoms with E-state index in [4.69, 9.17) is 0 Å². The van der Waals surface area contributed by atoms with Gasteiger partial charge in [0, 0.05) is 11.1 Å². The molecule has 0 saturated heterocycles. The van der Waals surface area contributed by atoms with E-state index in [0.717, 1.165) is 0 Å². The Kier molecular flexibility index (Phi) is 1.92. The third kappa shape index (κ3) is 1.24. The van der Waals surface area contributed by atoms with Gasteiger partial charge in [-0.05, 0) is 35.0 Å². The van der Waals surface area contributed by atoms with Crippen molar-refractivity contribution in [2.24, 2.45) is 0 Å². The van der Waals surface area contributed by atoms with E-state index in [-0.39, 0.29) is 0 Å². The van der Waals surface area contributed by atoms with Crippen LogP contribution in [0.1, 0.15) is 0 Å². The molecule has 0 aliphatic rings. The zero-order chi connectivity index (χ0) is 11.2. The standard InChI is InChI=1S/C14H9NS2/c1-2-4-10(5-3-1)15-12-7-9-16-13(12)11-6-8-17-14(11)15/h1-9H. The van der Waals surface area contributed by atoms with Crippen LogP contribution in [0.15, 0.2) is 53.2 Å². The lowest BCUT2D eigenvalue weighted by Gasteiger charge is -2.04. The molecule has 0 saturated carbocycles. The lowest BCUT2D eigenvalue weighted by molar-refractivity contribution is 1.20. The molecule has 17 heavy (non-hydrogen) atoms. The molecule has 1 aromatic carbocycles. The molecule has 0 amide bonds. The summed E-state index contributed by atoms with van der Waals surface area (Å²) in [6.07, 6.45) is 0. The molecule has 82 valence electrons. The smallest absolute Gasteiger partial charge is 0.109 e. The Bertz CT molecular complexity index is 741. The Morgan fingerprint density at radius 1 is 0.824 bits per heavy atom. The van der Waals surface area contributed by atoms with Gasteiger partial charge in [0.05, 0.1) is 10.2 Å². The predicted molar refractivity (Wildman–Crippen MR) is 76.5 cm³/mol. The second kappa shape index (κ2) is 3.45. The van der Waals surface area contributed by atoms with E-state index in [1.807, 2.05) is 22.7 Å². The number of hydrogen-bond donors (Lipinski definition) is 0. The summed E-state index contributed by atoms with van der Waals surface area (Å²) in [7, 11) is 0. The highest BCUT2D eigenvalue weighted by atomic mass is 32.1. The summed E-state index contributed by atoms with van der Waals surface area (Å²) in [6.45, 7) is 0. The molecule has 3 heteroatoms. The van der Waals surface area contributed by atoms with E-state index >= 15 is 0 Å². The average molecular weight is 255 g/mol. The minimum absolute atomic E-state index is 1.24. The highest BCUT2D eigenvalue weighted by Gasteiger charge is 2.13. The maximum atomic E-state index is 2.35. The highest BCUT2D eigenvalue weighted by Crippen LogP contribution is 2.37. The SMILES string of the molecule is c1ccc(-n2c3ccsc3c3ccsc32)cc1. The van der Waals surface area contributed by atoms with Crippen LogP contribution in [0.25, 0.3) is 26.1 Å². The summed E-state index contributed by atoms with van der Waals surface area (Å²) >= 11 is 3.63. The molecule has 0 radical (unpaired) electrons. The Labute approximate surface area is 107 Å². The molecule has 1 nitrogen and oxygen atoms in total. The molecular weight excluding hydrogens is 246 g/mol. The molecule has 0 fully saturated rings. The molecule has 0 spiro atoms. The number of benzene rings is 1. The van der Waals surface area contributed by atoms with E-state index in [0.29, 0.717) is 0 Å². The van der Waals surface area contributed by atoms with Crippen LogP contribution >= 0.6 is 22.7 Å². The molecular formula is C14H9NS2. The van der Waals surface area contributed by atoms with Gasteiger partial charge in [0.1, 0.15) is 4.83 Å². The van der Waals surface area contributed by atoms with Gasteiger partial charge in [0.15, 0.2) is 0 Å². The molecule has 0 aliphatic heterocycles. The maximum Gasteiger partial charge on any atom is 0.109 e. The fourth-order valence-corrected chi connectivity index (χ4v) is 4.18. The van der Waals surface area contributed by atoms with Gasteiger partial charge in [0.25, 0.3) is 0 Å². The Morgan fingerprint density at radius 2 is 1.65 bits per heavy atom. The van der Waals surface area contributed by atoms with Gasteiger partial charge in [-0.15, -0.1) is 22.7 Å². The van der Waals surface area contributed by atoms with Crippen molar-refractivity contribution in [3.8, 4) is 5.69 Å². The summed E-state index contributed by atoms with van der Waals surface area (Å²) in [5.74, 6) is 0. The average Bonchev–Trinajstić information content (AvgIpc) is 3.01. The summed E-state index contributed by atoms with van der Waals surface area (Å²) < 4.78 is 3.75. The second-order valence-electron chi connectivity index (χ2n) is 3.95. The minimum atomic E-state index is 1.24. The molecule has 4 rings (SSSR count). The summed E-state index contributed by atoms with van der Waals surface area (Å²) in [6, 6.07) is 15.0. The number of thiophene rings is 2. The van der Waals surface area contributed by atoms with Crippen molar-refractivity contribution in [2.75, 3.05) is 0 Å². The van der Waals surface area contributed by atoms with Crippen molar-refractivity contribution >= 4 is 43.1 Å². The van der Waals surface area contributed by atoms with Gasteiger partial charge in [-0.1, -0.05) is 18.2 Å². The quantitative estimate of drug-likeness (QED) is 0.455. The Morgan fingerprint density at radius 3 is 2.53 bits per heavy atom. The molecule has 0 aliphatic carbocycles. The maximum absolute atomic E-state index is 2.35. The number of nitrogens with zero attached hydrogens (tertiary/aromatic N) is 1. The normalized spacial score (nSPS) is 11.5. The van der Waals surface area contributed by atoms with E-state index in [1.54, 1.807) is 0 Å². The molecule has 3 heterocycles. The molecule has 0 N–H and O–H groups in total. The third-order valence-corrected chi connectivity index (χ3v) is 4.83. The molecule has 4 aromatic rings. The first-order chi connectivity index (χ1) is 8.45. The summed E-state index contributed by atoms with van der Waals surface area (Å²) in [5.41, 5.74) is 2.57. The minimum Gasteiger partial charge on any atom is -0.300 e. The van der Waals surface area contributed by atoms with Crippen LogP contribution in [0.2, 0.25) is 0 Å². The second-order valence-corrected chi connectivity index (χ2v) is 5.76. The zero-order valence-electron chi connectivity index (χ0n) is 8.96. The van der Waals surface area contributed by atoms with Gasteiger partial charge in [-0.2, -0.15) is 0 Å². The van der Waals surface area contributed by atoms with Crippen LogP contribution in [0.4, 0.5) is 0 Å². The largest absolute Gasteiger partial charge is 0.300 e. The lowest BCUT2D eigenvalue weighted by Crippen LogP contribution is -1.90. The third-order valence-electron chi connectivity index (χ3n) is 2.99. The van der Waals surface area contributed by atoms with Crippen LogP contribution in [0.5, 0.6) is 0 Å². The fourth-order valence-electron chi connectivity index (χ4n) is 2.27. The molecule has 0 atom stereocenters. The number of hydrogen-bond acceptors (Lipinski definition) is 2. The first-order valence-electron chi connectivity index (χ1n) is 5.46. The number of para-hydroxylation sites is 1. The Balaban J connectivity index is 2.22. The van der Waals surface area contributed by atoms with Crippen molar-refractivity contribution in [1.82, 2.24) is 4.57 Å². The van der Waals surface area contributed by atoms with Crippen LogP contribution in [0, 0.1) is 0 Å². The van der Waals surface area contributed by atoms with Crippen molar-refractivity contribution < 1.29 is 0 Å². The first-order valence-corrected chi connectivity index (χ1v) is 7.21. The van der Waals surface area contributed by atoms with Crippen LogP contribution in [-0.2, 0) is 0 Å². The topological polar surface area (TPSA) is 4.93 Å². The van der Waals surface area contributed by atoms with Gasteiger partial charge < -0.3 is 0 Å². The van der Waals surface area contributed by atoms with Crippen molar-refractivity contribution in [3.63, 3.8) is 0 Å². The molecule has 3 aromatic heterocycles. The predicted octanol–water partition coefficient (Wildman–Crippen LogP) is 4.91. The van der Waals surface area contributed by atoms with E-state index in [1.165, 1.54) is 26.1 Å². The van der Waals surface area contributed by atoms with Crippen molar-refractivity contribution in [1.29, 1.82) is 0 Å². The van der Waals surface area contributed by atoms with Crippen molar-refractivity contribution in [3.05, 3.63) is 53.2 Å². The van der Waals surface area contributed by atoms with E-state index < -0.39 is 0 Å².